The second-order valence-corrected chi connectivity index (χ2v) is 11.0. The van der Waals surface area contributed by atoms with Crippen LogP contribution in [0.2, 0.25) is 0 Å². The Morgan fingerprint density at radius 1 is 1.08 bits per heavy atom. The summed E-state index contributed by atoms with van der Waals surface area (Å²) >= 11 is 3.45. The molecular weight excluding hydrogens is 388 g/mol. The first-order valence-corrected chi connectivity index (χ1v) is 12.2. The zero-order chi connectivity index (χ0) is 18.5. The number of ether oxygens (including phenoxy) is 1. The number of methoxy groups -OCH3 is 1. The lowest BCUT2D eigenvalue weighted by molar-refractivity contribution is -0.153. The highest BCUT2D eigenvalue weighted by atomic mass is 79.9. The van der Waals surface area contributed by atoms with Gasteiger partial charge in [-0.05, 0) is 91.8 Å². The quantitative estimate of drug-likeness (QED) is 0.527. The molecule has 0 saturated heterocycles. The summed E-state index contributed by atoms with van der Waals surface area (Å²) in [6.07, 6.45) is 12.0. The number of rotatable bonds is 4. The number of Topliss-reactive ketones (excluding diaryl/α,β-unsaturated/α-hetero) is 1. The molecule has 0 radical (unpaired) electrons. The van der Waals surface area contributed by atoms with Gasteiger partial charge in [0.25, 0.3) is 0 Å². The molecule has 2 nitrogen and oxygen atoms in total. The topological polar surface area (TPSA) is 26.3 Å². The van der Waals surface area contributed by atoms with E-state index in [4.69, 9.17) is 4.74 Å². The third-order valence-electron chi connectivity index (χ3n) is 9.56. The van der Waals surface area contributed by atoms with Gasteiger partial charge in [0.15, 0.2) is 0 Å². The van der Waals surface area contributed by atoms with Crippen LogP contribution in [-0.4, -0.2) is 24.8 Å². The number of carbonyl (C=O) groups excluding carboxylic acids is 1. The number of hydrogen-bond acceptors (Lipinski definition) is 2. The Morgan fingerprint density at radius 3 is 2.62 bits per heavy atom. The van der Waals surface area contributed by atoms with E-state index in [2.05, 4.69) is 29.8 Å². The average molecular weight is 425 g/mol. The molecule has 148 valence electrons. The second-order valence-electron chi connectivity index (χ2n) is 10.5. The maximum Gasteiger partial charge on any atom is 0.147 e. The molecular formula is C23H37BrO2. The Balaban J connectivity index is 1.63. The van der Waals surface area contributed by atoms with Gasteiger partial charge >= 0.3 is 0 Å². The van der Waals surface area contributed by atoms with Crippen molar-refractivity contribution in [2.75, 3.05) is 19.0 Å². The molecule has 4 saturated carbocycles. The molecule has 0 bridgehead atoms. The number of alkyl halides is 1. The van der Waals surface area contributed by atoms with Crippen molar-refractivity contribution < 1.29 is 9.53 Å². The molecule has 6 unspecified atom stereocenters. The van der Waals surface area contributed by atoms with Crippen molar-refractivity contribution in [2.24, 2.45) is 46.3 Å². The van der Waals surface area contributed by atoms with Gasteiger partial charge in [-0.3, -0.25) is 4.79 Å². The average Bonchev–Trinajstić information content (AvgIpc) is 2.99. The Bertz CT molecular complexity index is 548. The van der Waals surface area contributed by atoms with E-state index in [-0.39, 0.29) is 5.41 Å². The molecule has 26 heavy (non-hydrogen) atoms. The van der Waals surface area contributed by atoms with E-state index in [0.29, 0.717) is 22.4 Å². The smallest absolute Gasteiger partial charge is 0.147 e. The van der Waals surface area contributed by atoms with Gasteiger partial charge in [0, 0.05) is 13.0 Å². The Hall–Kier alpha value is 0.110. The largest absolute Gasteiger partial charge is 0.384 e. The number of ketones is 1. The molecule has 8 atom stereocenters. The van der Waals surface area contributed by atoms with Crippen molar-refractivity contribution in [3.05, 3.63) is 0 Å². The van der Waals surface area contributed by atoms with Crippen molar-refractivity contribution in [1.29, 1.82) is 0 Å². The first kappa shape index (κ1) is 19.4. The molecule has 0 spiro atoms. The van der Waals surface area contributed by atoms with E-state index in [1.807, 2.05) is 7.11 Å². The standard InChI is InChI=1S/C23H37BrO2/c1-15-8-11-23(14-26-3)16(12-15)4-5-17-18-6-7-20(21(25)13-24)22(18,2)10-9-19(17)23/h15-20H,4-14H2,1-3H3/t15?,16-,17?,18?,19?,20-,22?,23?/m1/s1. The van der Waals surface area contributed by atoms with Crippen LogP contribution in [0.3, 0.4) is 0 Å². The second kappa shape index (κ2) is 7.17. The number of carbonyl (C=O) groups is 1. The molecule has 0 aromatic heterocycles. The summed E-state index contributed by atoms with van der Waals surface area (Å²) in [7, 11) is 1.92. The van der Waals surface area contributed by atoms with Crippen LogP contribution >= 0.6 is 15.9 Å². The van der Waals surface area contributed by atoms with E-state index >= 15 is 0 Å². The molecule has 4 rings (SSSR count). The molecule has 4 aliphatic carbocycles. The normalized spacial score (nSPS) is 50.6. The van der Waals surface area contributed by atoms with Gasteiger partial charge in [-0.15, -0.1) is 0 Å². The van der Waals surface area contributed by atoms with Crippen LogP contribution in [0.1, 0.15) is 71.6 Å². The third kappa shape index (κ3) is 2.78. The van der Waals surface area contributed by atoms with Crippen molar-refractivity contribution in [3.63, 3.8) is 0 Å². The molecule has 4 fully saturated rings. The van der Waals surface area contributed by atoms with Crippen molar-refractivity contribution in [3.8, 4) is 0 Å². The lowest BCUT2D eigenvalue weighted by Gasteiger charge is -2.61. The minimum absolute atomic E-state index is 0.259. The summed E-state index contributed by atoms with van der Waals surface area (Å²) < 4.78 is 5.88. The molecule has 0 aromatic rings. The van der Waals surface area contributed by atoms with E-state index in [1.165, 1.54) is 51.4 Å². The number of hydrogen-bond donors (Lipinski definition) is 0. The lowest BCUT2D eigenvalue weighted by atomic mass is 9.44. The number of halogens is 1. The van der Waals surface area contributed by atoms with Crippen molar-refractivity contribution >= 4 is 21.7 Å². The summed E-state index contributed by atoms with van der Waals surface area (Å²) in [6, 6.07) is 0. The zero-order valence-corrected chi connectivity index (χ0v) is 18.5. The van der Waals surface area contributed by atoms with Gasteiger partial charge in [0.2, 0.25) is 0 Å². The maximum atomic E-state index is 12.6. The molecule has 0 aromatic carbocycles. The molecule has 0 N–H and O–H groups in total. The Kier molecular flexibility index (Phi) is 5.36. The molecule has 4 aliphatic rings. The SMILES string of the molecule is COCC12CCC(C)C[C@H]1CCC1C3CC[C@H](C(=O)CBr)C3(C)CCC12. The summed E-state index contributed by atoms with van der Waals surface area (Å²) in [4.78, 5) is 12.6. The Labute approximate surface area is 168 Å². The fraction of sp³-hybridized carbons (Fsp3) is 0.957. The van der Waals surface area contributed by atoms with Crippen LogP contribution in [0.4, 0.5) is 0 Å². The van der Waals surface area contributed by atoms with E-state index in [0.717, 1.165) is 42.6 Å². The van der Waals surface area contributed by atoms with Gasteiger partial charge < -0.3 is 4.74 Å². The van der Waals surface area contributed by atoms with Crippen LogP contribution in [0.25, 0.3) is 0 Å². The lowest BCUT2D eigenvalue weighted by Crippen LogP contribution is -2.56. The van der Waals surface area contributed by atoms with Crippen molar-refractivity contribution in [2.45, 2.75) is 71.6 Å². The molecule has 0 aliphatic heterocycles. The van der Waals surface area contributed by atoms with Crippen LogP contribution < -0.4 is 0 Å². The summed E-state index contributed by atoms with van der Waals surface area (Å²) in [5.74, 6) is 4.96. The monoisotopic (exact) mass is 424 g/mol. The Morgan fingerprint density at radius 2 is 1.88 bits per heavy atom. The van der Waals surface area contributed by atoms with E-state index in [1.54, 1.807) is 0 Å². The van der Waals surface area contributed by atoms with Crippen LogP contribution in [-0.2, 0) is 9.53 Å². The minimum atomic E-state index is 0.259. The summed E-state index contributed by atoms with van der Waals surface area (Å²) in [5, 5.41) is 0.543. The first-order chi connectivity index (χ1) is 12.5. The third-order valence-corrected chi connectivity index (χ3v) is 10.1. The summed E-state index contributed by atoms with van der Waals surface area (Å²) in [6.45, 7) is 5.89. The van der Waals surface area contributed by atoms with Gasteiger partial charge in [0.1, 0.15) is 5.78 Å². The molecule has 0 heterocycles. The fourth-order valence-electron chi connectivity index (χ4n) is 8.44. The van der Waals surface area contributed by atoms with Gasteiger partial charge in [-0.1, -0.05) is 36.2 Å². The number of fused-ring (bicyclic) bond motifs is 5. The molecule has 3 heteroatoms. The van der Waals surface area contributed by atoms with E-state index in [9.17, 15) is 4.79 Å². The molecule has 0 amide bonds. The van der Waals surface area contributed by atoms with Crippen molar-refractivity contribution in [1.82, 2.24) is 0 Å². The van der Waals surface area contributed by atoms with Gasteiger partial charge in [-0.2, -0.15) is 0 Å². The van der Waals surface area contributed by atoms with E-state index < -0.39 is 0 Å². The summed E-state index contributed by atoms with van der Waals surface area (Å²) in [5.41, 5.74) is 0.693. The maximum absolute atomic E-state index is 12.6. The van der Waals surface area contributed by atoms with Gasteiger partial charge in [-0.25, -0.2) is 0 Å². The minimum Gasteiger partial charge on any atom is -0.384 e. The highest BCUT2D eigenvalue weighted by molar-refractivity contribution is 9.09. The highest BCUT2D eigenvalue weighted by Crippen LogP contribution is 2.68. The highest BCUT2D eigenvalue weighted by Gasteiger charge is 2.62. The first-order valence-electron chi connectivity index (χ1n) is 11.0. The van der Waals surface area contributed by atoms with Gasteiger partial charge in [0.05, 0.1) is 11.9 Å². The zero-order valence-electron chi connectivity index (χ0n) is 16.9. The van der Waals surface area contributed by atoms with Crippen LogP contribution in [0, 0.1) is 46.3 Å². The fourth-order valence-corrected chi connectivity index (χ4v) is 8.83. The predicted octanol–water partition coefficient (Wildman–Crippen LogP) is 5.87. The van der Waals surface area contributed by atoms with Crippen LogP contribution in [0.5, 0.6) is 0 Å². The predicted molar refractivity (Wildman–Crippen MR) is 109 cm³/mol. The van der Waals surface area contributed by atoms with Crippen LogP contribution in [0.15, 0.2) is 0 Å².